The first kappa shape index (κ1) is 20.7. The number of aryl methyl sites for hydroxylation is 1. The van der Waals surface area contributed by atoms with Crippen molar-refractivity contribution >= 4 is 22.7 Å². The van der Waals surface area contributed by atoms with E-state index in [1.54, 1.807) is 16.7 Å². The largest absolute Gasteiger partial charge is 0.493 e. The highest BCUT2D eigenvalue weighted by Gasteiger charge is 2.13. The van der Waals surface area contributed by atoms with E-state index in [2.05, 4.69) is 20.2 Å². The number of aromatic amines is 2. The van der Waals surface area contributed by atoms with E-state index < -0.39 is 0 Å². The molecule has 10 heteroatoms. The van der Waals surface area contributed by atoms with Crippen LogP contribution in [0.2, 0.25) is 0 Å². The molecule has 0 unspecified atom stereocenters. The van der Waals surface area contributed by atoms with Crippen LogP contribution >= 0.6 is 11.8 Å². The average Bonchev–Trinajstić information content (AvgIpc) is 3.15. The standard InChI is InChI=1S/C21H21N5O4S/c1-29-16-10-14-15(11-17(16)30-2)22-18(23-19(14)27)12-31-21-25-24-20(28)26(21)9-8-13-6-4-3-5-7-13/h3-7,10-11H,8-9,12H2,1-2H3,(H,24,28)(H,22,23,27). The second kappa shape index (κ2) is 9.09. The molecule has 0 amide bonds. The molecule has 0 fully saturated rings. The van der Waals surface area contributed by atoms with Gasteiger partial charge in [-0.25, -0.2) is 14.9 Å². The first-order valence-electron chi connectivity index (χ1n) is 9.56. The molecule has 31 heavy (non-hydrogen) atoms. The quantitative estimate of drug-likeness (QED) is 0.405. The molecule has 0 radical (unpaired) electrons. The first-order chi connectivity index (χ1) is 15.1. The number of benzene rings is 2. The van der Waals surface area contributed by atoms with E-state index in [1.165, 1.54) is 26.0 Å². The molecule has 0 aliphatic rings. The lowest BCUT2D eigenvalue weighted by Crippen LogP contribution is -2.19. The number of methoxy groups -OCH3 is 2. The number of thioether (sulfide) groups is 1. The average molecular weight is 439 g/mol. The molecule has 0 saturated carbocycles. The smallest absolute Gasteiger partial charge is 0.343 e. The second-order valence-corrected chi connectivity index (χ2v) is 7.67. The van der Waals surface area contributed by atoms with Crippen molar-refractivity contribution < 1.29 is 9.47 Å². The second-order valence-electron chi connectivity index (χ2n) is 6.72. The van der Waals surface area contributed by atoms with Gasteiger partial charge in [-0.1, -0.05) is 42.1 Å². The molecule has 2 aromatic carbocycles. The van der Waals surface area contributed by atoms with Crippen LogP contribution in [-0.4, -0.2) is 39.0 Å². The Morgan fingerprint density at radius 3 is 2.55 bits per heavy atom. The van der Waals surface area contributed by atoms with E-state index in [-0.39, 0.29) is 11.2 Å². The fourth-order valence-electron chi connectivity index (χ4n) is 3.21. The topological polar surface area (TPSA) is 115 Å². The van der Waals surface area contributed by atoms with E-state index in [9.17, 15) is 9.59 Å². The third-order valence-electron chi connectivity index (χ3n) is 4.79. The maximum Gasteiger partial charge on any atom is 0.343 e. The summed E-state index contributed by atoms with van der Waals surface area (Å²) in [6, 6.07) is 13.2. The Labute approximate surface area is 181 Å². The van der Waals surface area contributed by atoms with Gasteiger partial charge in [0.05, 0.1) is 30.9 Å². The van der Waals surface area contributed by atoms with Gasteiger partial charge in [0, 0.05) is 12.6 Å². The van der Waals surface area contributed by atoms with Crippen LogP contribution in [0.25, 0.3) is 10.9 Å². The molecule has 0 aliphatic carbocycles. The summed E-state index contributed by atoms with van der Waals surface area (Å²) >= 11 is 1.32. The van der Waals surface area contributed by atoms with Gasteiger partial charge in [-0.3, -0.25) is 9.36 Å². The van der Waals surface area contributed by atoms with Gasteiger partial charge in [0.25, 0.3) is 5.56 Å². The van der Waals surface area contributed by atoms with E-state index in [1.807, 2.05) is 30.3 Å². The van der Waals surface area contributed by atoms with E-state index in [0.717, 1.165) is 5.56 Å². The van der Waals surface area contributed by atoms with E-state index >= 15 is 0 Å². The number of fused-ring (bicyclic) bond motifs is 1. The molecule has 9 nitrogen and oxygen atoms in total. The molecule has 0 spiro atoms. The lowest BCUT2D eigenvalue weighted by atomic mass is 10.1. The molecule has 2 heterocycles. The van der Waals surface area contributed by atoms with Gasteiger partial charge in [-0.15, -0.1) is 5.10 Å². The molecule has 4 aromatic rings. The van der Waals surface area contributed by atoms with E-state index in [4.69, 9.17) is 9.47 Å². The van der Waals surface area contributed by atoms with Gasteiger partial charge in [0.1, 0.15) is 5.82 Å². The number of nitrogens with zero attached hydrogens (tertiary/aromatic N) is 3. The number of ether oxygens (including phenoxy) is 2. The monoisotopic (exact) mass is 439 g/mol. The Morgan fingerprint density at radius 2 is 1.81 bits per heavy atom. The predicted molar refractivity (Wildman–Crippen MR) is 118 cm³/mol. The number of nitrogens with one attached hydrogen (secondary N) is 2. The van der Waals surface area contributed by atoms with Crippen LogP contribution in [0.4, 0.5) is 0 Å². The molecule has 2 aromatic heterocycles. The fraction of sp³-hybridized carbons (Fsp3) is 0.238. The molecular weight excluding hydrogens is 418 g/mol. The maximum absolute atomic E-state index is 12.5. The van der Waals surface area contributed by atoms with Gasteiger partial charge < -0.3 is 14.5 Å². The van der Waals surface area contributed by atoms with E-state index in [0.29, 0.717) is 52.1 Å². The lowest BCUT2D eigenvalue weighted by molar-refractivity contribution is 0.355. The third-order valence-corrected chi connectivity index (χ3v) is 5.78. The highest BCUT2D eigenvalue weighted by atomic mass is 32.2. The van der Waals surface area contributed by atoms with Crippen molar-refractivity contribution in [3.8, 4) is 11.5 Å². The SMILES string of the molecule is COc1cc2nc(CSc3n[nH]c(=O)n3CCc3ccccc3)[nH]c(=O)c2cc1OC. The molecule has 2 N–H and O–H groups in total. The summed E-state index contributed by atoms with van der Waals surface area (Å²) < 4.78 is 12.1. The van der Waals surface area contributed by atoms with Crippen LogP contribution in [0.5, 0.6) is 11.5 Å². The van der Waals surface area contributed by atoms with Crippen LogP contribution in [-0.2, 0) is 18.7 Å². The Balaban J connectivity index is 1.54. The highest BCUT2D eigenvalue weighted by molar-refractivity contribution is 7.98. The summed E-state index contributed by atoms with van der Waals surface area (Å²) in [7, 11) is 3.04. The Morgan fingerprint density at radius 1 is 1.06 bits per heavy atom. The van der Waals surface area contributed by atoms with Crippen molar-refractivity contribution in [3.05, 3.63) is 74.7 Å². The van der Waals surface area contributed by atoms with Gasteiger partial charge in [0.15, 0.2) is 16.7 Å². The molecule has 0 aliphatic heterocycles. The van der Waals surface area contributed by atoms with Crippen LogP contribution in [0.3, 0.4) is 0 Å². The molecule has 160 valence electrons. The van der Waals surface area contributed by atoms with Crippen molar-refractivity contribution in [1.82, 2.24) is 24.7 Å². The van der Waals surface area contributed by atoms with Crippen molar-refractivity contribution in [2.45, 2.75) is 23.9 Å². The number of H-pyrrole nitrogens is 2. The number of hydrogen-bond acceptors (Lipinski definition) is 7. The summed E-state index contributed by atoms with van der Waals surface area (Å²) in [5.41, 5.74) is 1.09. The van der Waals surface area contributed by atoms with Crippen molar-refractivity contribution in [1.29, 1.82) is 0 Å². The normalized spacial score (nSPS) is 11.0. The lowest BCUT2D eigenvalue weighted by Gasteiger charge is -2.09. The molecule has 0 bridgehead atoms. The van der Waals surface area contributed by atoms with Gasteiger partial charge >= 0.3 is 5.69 Å². The van der Waals surface area contributed by atoms with Crippen LogP contribution < -0.4 is 20.7 Å². The summed E-state index contributed by atoms with van der Waals surface area (Å²) in [6.07, 6.45) is 0.709. The summed E-state index contributed by atoms with van der Waals surface area (Å²) in [5.74, 6) is 1.77. The van der Waals surface area contributed by atoms with Gasteiger partial charge in [-0.2, -0.15) is 0 Å². The summed E-state index contributed by atoms with van der Waals surface area (Å²) in [4.78, 5) is 32.0. The van der Waals surface area contributed by atoms with Crippen LogP contribution in [0.1, 0.15) is 11.4 Å². The Bertz CT molecular complexity index is 1310. The van der Waals surface area contributed by atoms with Crippen molar-refractivity contribution in [3.63, 3.8) is 0 Å². The van der Waals surface area contributed by atoms with Crippen LogP contribution in [0.15, 0.2) is 57.2 Å². The molecule has 0 atom stereocenters. The molecule has 0 saturated heterocycles. The minimum atomic E-state index is -0.273. The van der Waals surface area contributed by atoms with Gasteiger partial charge in [0.2, 0.25) is 0 Å². The fourth-order valence-corrected chi connectivity index (χ4v) is 4.05. The number of aromatic nitrogens is 5. The predicted octanol–water partition coefficient (Wildman–Crippen LogP) is 2.36. The molecular formula is C21H21N5O4S. The van der Waals surface area contributed by atoms with Gasteiger partial charge in [-0.05, 0) is 18.1 Å². The summed E-state index contributed by atoms with van der Waals surface area (Å²) in [6.45, 7) is 0.500. The highest BCUT2D eigenvalue weighted by Crippen LogP contribution is 2.30. The first-order valence-corrected chi connectivity index (χ1v) is 10.5. The minimum absolute atomic E-state index is 0.268. The molecule has 4 rings (SSSR count). The Kier molecular flexibility index (Phi) is 6.08. The summed E-state index contributed by atoms with van der Waals surface area (Å²) in [5, 5.41) is 7.55. The Hall–Kier alpha value is -3.53. The zero-order chi connectivity index (χ0) is 21.8. The van der Waals surface area contributed by atoms with Crippen molar-refractivity contribution in [2.24, 2.45) is 0 Å². The van der Waals surface area contributed by atoms with Crippen molar-refractivity contribution in [2.75, 3.05) is 14.2 Å². The number of rotatable bonds is 8. The maximum atomic E-state index is 12.5. The zero-order valence-corrected chi connectivity index (χ0v) is 17.9. The number of hydrogen-bond donors (Lipinski definition) is 2. The third kappa shape index (κ3) is 4.48. The van der Waals surface area contributed by atoms with Crippen LogP contribution in [0, 0.1) is 0 Å². The zero-order valence-electron chi connectivity index (χ0n) is 17.0. The minimum Gasteiger partial charge on any atom is -0.493 e.